The molecule has 0 radical (unpaired) electrons. The normalized spacial score (nSPS) is 10.6. The van der Waals surface area contributed by atoms with Gasteiger partial charge in [0.2, 0.25) is 0 Å². The Morgan fingerprint density at radius 3 is 2.83 bits per heavy atom. The van der Waals surface area contributed by atoms with Crippen LogP contribution in [0.5, 0.6) is 0 Å². The van der Waals surface area contributed by atoms with Crippen molar-refractivity contribution in [3.8, 4) is 11.3 Å². The molecule has 0 saturated heterocycles. The fourth-order valence-corrected chi connectivity index (χ4v) is 1.76. The van der Waals surface area contributed by atoms with Gasteiger partial charge in [-0.15, -0.1) is 0 Å². The number of rotatable bonds is 6. The van der Waals surface area contributed by atoms with Gasteiger partial charge in [0.1, 0.15) is 5.82 Å². The first-order chi connectivity index (χ1) is 8.83. The minimum Gasteiger partial charge on any atom is -0.373 e. The maximum Gasteiger partial charge on any atom is 0.125 e. The van der Waals surface area contributed by atoms with E-state index in [1.54, 1.807) is 0 Å². The zero-order valence-electron chi connectivity index (χ0n) is 10.6. The van der Waals surface area contributed by atoms with Crippen molar-refractivity contribution in [1.29, 1.82) is 0 Å². The Bertz CT molecular complexity index is 474. The van der Waals surface area contributed by atoms with Crippen molar-refractivity contribution in [3.05, 3.63) is 30.9 Å². The van der Waals surface area contributed by atoms with Crippen molar-refractivity contribution in [2.75, 3.05) is 18.9 Å². The Balaban J connectivity index is 2.04. The molecule has 5 heteroatoms. The molecule has 18 heavy (non-hydrogen) atoms. The van der Waals surface area contributed by atoms with Crippen LogP contribution in [0.15, 0.2) is 30.9 Å². The SMILES string of the molecule is CNc1ccc(-c2cn(CCCCN)cn2)cn1. The zero-order chi connectivity index (χ0) is 12.8. The molecule has 0 bridgehead atoms. The van der Waals surface area contributed by atoms with Crippen LogP contribution >= 0.6 is 0 Å². The number of hydrogen-bond acceptors (Lipinski definition) is 4. The van der Waals surface area contributed by atoms with Gasteiger partial charge in [-0.05, 0) is 31.5 Å². The number of imidazole rings is 1. The van der Waals surface area contributed by atoms with E-state index in [1.807, 2.05) is 37.9 Å². The molecule has 2 heterocycles. The van der Waals surface area contributed by atoms with E-state index in [0.29, 0.717) is 0 Å². The summed E-state index contributed by atoms with van der Waals surface area (Å²) < 4.78 is 2.09. The van der Waals surface area contributed by atoms with Gasteiger partial charge in [0.25, 0.3) is 0 Å². The molecule has 2 rings (SSSR count). The molecule has 0 aromatic carbocycles. The molecular weight excluding hydrogens is 226 g/mol. The molecule has 0 amide bonds. The van der Waals surface area contributed by atoms with Crippen molar-refractivity contribution >= 4 is 5.82 Å². The lowest BCUT2D eigenvalue weighted by Gasteiger charge is -2.01. The van der Waals surface area contributed by atoms with E-state index in [1.165, 1.54) is 0 Å². The minimum atomic E-state index is 0.747. The van der Waals surface area contributed by atoms with Gasteiger partial charge in [0, 0.05) is 31.5 Å². The Morgan fingerprint density at radius 1 is 1.28 bits per heavy atom. The van der Waals surface area contributed by atoms with Crippen LogP contribution in [0.2, 0.25) is 0 Å². The second-order valence-corrected chi connectivity index (χ2v) is 4.17. The molecule has 96 valence electrons. The van der Waals surface area contributed by atoms with Crippen LogP contribution in [0.25, 0.3) is 11.3 Å². The van der Waals surface area contributed by atoms with E-state index in [0.717, 1.165) is 43.0 Å². The quantitative estimate of drug-likeness (QED) is 0.760. The molecule has 0 aliphatic rings. The van der Waals surface area contributed by atoms with Crippen LogP contribution < -0.4 is 11.1 Å². The summed E-state index contributed by atoms with van der Waals surface area (Å²) in [4.78, 5) is 8.67. The van der Waals surface area contributed by atoms with Gasteiger partial charge in [0.05, 0.1) is 12.0 Å². The van der Waals surface area contributed by atoms with Gasteiger partial charge in [-0.3, -0.25) is 0 Å². The number of nitrogens with zero attached hydrogens (tertiary/aromatic N) is 3. The van der Waals surface area contributed by atoms with Gasteiger partial charge in [0.15, 0.2) is 0 Å². The monoisotopic (exact) mass is 245 g/mol. The van der Waals surface area contributed by atoms with Crippen LogP contribution in [0.1, 0.15) is 12.8 Å². The first-order valence-electron chi connectivity index (χ1n) is 6.19. The first-order valence-corrected chi connectivity index (χ1v) is 6.19. The number of nitrogens with two attached hydrogens (primary N) is 1. The highest BCUT2D eigenvalue weighted by molar-refractivity contribution is 5.58. The van der Waals surface area contributed by atoms with Crippen LogP contribution in [0, 0.1) is 0 Å². The number of aromatic nitrogens is 3. The fraction of sp³-hybridized carbons (Fsp3) is 0.385. The third-order valence-electron chi connectivity index (χ3n) is 2.82. The summed E-state index contributed by atoms with van der Waals surface area (Å²) in [5.74, 6) is 0.862. The van der Waals surface area contributed by atoms with Crippen LogP contribution in [-0.2, 0) is 6.54 Å². The van der Waals surface area contributed by atoms with Gasteiger partial charge in [-0.25, -0.2) is 9.97 Å². The number of unbranched alkanes of at least 4 members (excludes halogenated alkanes) is 1. The largest absolute Gasteiger partial charge is 0.373 e. The van der Waals surface area contributed by atoms with E-state index in [4.69, 9.17) is 5.73 Å². The van der Waals surface area contributed by atoms with E-state index in [-0.39, 0.29) is 0 Å². The van der Waals surface area contributed by atoms with Crippen molar-refractivity contribution < 1.29 is 0 Å². The lowest BCUT2D eigenvalue weighted by atomic mass is 10.2. The van der Waals surface area contributed by atoms with Crippen LogP contribution in [0.4, 0.5) is 5.82 Å². The predicted octanol–water partition coefficient (Wildman–Crippen LogP) is 1.73. The topological polar surface area (TPSA) is 68.8 Å². The number of nitrogens with one attached hydrogen (secondary N) is 1. The smallest absolute Gasteiger partial charge is 0.125 e. The van der Waals surface area contributed by atoms with Crippen molar-refractivity contribution in [2.45, 2.75) is 19.4 Å². The van der Waals surface area contributed by atoms with Crippen molar-refractivity contribution in [1.82, 2.24) is 14.5 Å². The molecule has 0 aliphatic heterocycles. The molecule has 5 nitrogen and oxygen atoms in total. The second kappa shape index (κ2) is 6.16. The molecule has 2 aromatic rings. The predicted molar refractivity (Wildman–Crippen MR) is 73.3 cm³/mol. The van der Waals surface area contributed by atoms with Gasteiger partial charge in [-0.2, -0.15) is 0 Å². The molecule has 0 spiro atoms. The number of anilines is 1. The molecule has 0 saturated carbocycles. The van der Waals surface area contributed by atoms with Crippen molar-refractivity contribution in [2.24, 2.45) is 5.73 Å². The Hall–Kier alpha value is -1.88. The standard InChI is InChI=1S/C13H19N5/c1-15-13-5-4-11(8-16-13)12-9-18(10-17-12)7-3-2-6-14/h4-5,8-10H,2-3,6-7,14H2,1H3,(H,15,16). The summed E-state index contributed by atoms with van der Waals surface area (Å²) in [6.45, 7) is 1.71. The van der Waals surface area contributed by atoms with Gasteiger partial charge >= 0.3 is 0 Å². The van der Waals surface area contributed by atoms with Gasteiger partial charge in [-0.1, -0.05) is 0 Å². The highest BCUT2D eigenvalue weighted by atomic mass is 15.0. The summed E-state index contributed by atoms with van der Waals surface area (Å²) >= 11 is 0. The molecule has 0 aliphatic carbocycles. The summed E-state index contributed by atoms with van der Waals surface area (Å²) in [6, 6.07) is 3.97. The minimum absolute atomic E-state index is 0.747. The van der Waals surface area contributed by atoms with E-state index >= 15 is 0 Å². The summed E-state index contributed by atoms with van der Waals surface area (Å²) in [6.07, 6.45) is 7.87. The summed E-state index contributed by atoms with van der Waals surface area (Å²) in [5.41, 5.74) is 7.47. The highest BCUT2D eigenvalue weighted by Gasteiger charge is 2.02. The number of aryl methyl sites for hydroxylation is 1. The molecular formula is C13H19N5. The average molecular weight is 245 g/mol. The van der Waals surface area contributed by atoms with E-state index in [2.05, 4.69) is 19.9 Å². The molecule has 0 atom stereocenters. The molecule has 2 aromatic heterocycles. The van der Waals surface area contributed by atoms with Crippen LogP contribution in [0.3, 0.4) is 0 Å². The molecule has 3 N–H and O–H groups in total. The molecule has 0 fully saturated rings. The third kappa shape index (κ3) is 3.07. The third-order valence-corrected chi connectivity index (χ3v) is 2.82. The Morgan fingerprint density at radius 2 is 2.17 bits per heavy atom. The average Bonchev–Trinajstić information content (AvgIpc) is 2.88. The van der Waals surface area contributed by atoms with E-state index < -0.39 is 0 Å². The maximum absolute atomic E-state index is 5.48. The lowest BCUT2D eigenvalue weighted by Crippen LogP contribution is -2.01. The fourth-order valence-electron chi connectivity index (χ4n) is 1.76. The Kier molecular flexibility index (Phi) is 4.30. The van der Waals surface area contributed by atoms with Crippen molar-refractivity contribution in [3.63, 3.8) is 0 Å². The highest BCUT2D eigenvalue weighted by Crippen LogP contribution is 2.17. The summed E-state index contributed by atoms with van der Waals surface area (Å²) in [7, 11) is 1.86. The van der Waals surface area contributed by atoms with Crippen LogP contribution in [-0.4, -0.2) is 28.1 Å². The zero-order valence-corrected chi connectivity index (χ0v) is 10.6. The first kappa shape index (κ1) is 12.6. The summed E-state index contributed by atoms with van der Waals surface area (Å²) in [5, 5.41) is 3.00. The second-order valence-electron chi connectivity index (χ2n) is 4.17. The Labute approximate surface area is 107 Å². The number of pyridine rings is 1. The number of hydrogen-bond donors (Lipinski definition) is 2. The van der Waals surface area contributed by atoms with Gasteiger partial charge < -0.3 is 15.6 Å². The maximum atomic E-state index is 5.48. The van der Waals surface area contributed by atoms with E-state index in [9.17, 15) is 0 Å². The molecule has 0 unspecified atom stereocenters. The lowest BCUT2D eigenvalue weighted by molar-refractivity contribution is 0.614.